The predicted octanol–water partition coefficient (Wildman–Crippen LogP) is 9.09. The lowest BCUT2D eigenvalue weighted by Gasteiger charge is -2.08. The highest BCUT2D eigenvalue weighted by Gasteiger charge is 2.33. The Hall–Kier alpha value is -3.04. The molecule has 0 fully saturated rings. The van der Waals surface area contributed by atoms with Crippen LogP contribution in [0.25, 0.3) is 17.0 Å². The van der Waals surface area contributed by atoms with E-state index < -0.39 is 11.8 Å². The first-order valence-corrected chi connectivity index (χ1v) is 14.2. The first-order chi connectivity index (χ1) is 18.7. The van der Waals surface area contributed by atoms with Crippen molar-refractivity contribution >= 4 is 84.6 Å². The van der Waals surface area contributed by atoms with Crippen LogP contribution in [0.1, 0.15) is 18.1 Å². The van der Waals surface area contributed by atoms with E-state index in [1.807, 2.05) is 29.0 Å². The third kappa shape index (κ3) is 5.79. The zero-order valence-electron chi connectivity index (χ0n) is 20.4. The number of thioether (sulfide) groups is 1. The van der Waals surface area contributed by atoms with Gasteiger partial charge in [0.25, 0.3) is 0 Å². The highest BCUT2D eigenvalue weighted by Crippen LogP contribution is 2.41. The molecule has 1 N–H and O–H groups in total. The molecule has 10 heteroatoms. The summed E-state index contributed by atoms with van der Waals surface area (Å²) in [5, 5.41) is 13.2. The molecule has 0 saturated heterocycles. The standard InChI is InChI=1S/C29H20BrCl2FN2O3S/c1-2-38-29(37)26-27(36)25(39-28(26)34-19-9-7-18(31)8-10-19)12-16-14-35(24-11-6-17(30)13-20(16)24)15-21-22(32)4-3-5-23(21)33/h3-14,36H,2,15H2,1H3/b25-12-,34-28?. The lowest BCUT2D eigenvalue weighted by Crippen LogP contribution is -2.12. The molecule has 198 valence electrons. The lowest BCUT2D eigenvalue weighted by atomic mass is 10.1. The van der Waals surface area contributed by atoms with Crippen LogP contribution < -0.4 is 0 Å². The molecule has 0 bridgehead atoms. The van der Waals surface area contributed by atoms with Crippen molar-refractivity contribution in [1.82, 2.24) is 4.57 Å². The van der Waals surface area contributed by atoms with Crippen LogP contribution in [-0.4, -0.2) is 27.3 Å². The molecule has 0 spiro atoms. The minimum atomic E-state index is -0.669. The average molecular weight is 646 g/mol. The summed E-state index contributed by atoms with van der Waals surface area (Å²) in [6.07, 6.45) is 3.64. The fraction of sp³-hybridized carbons (Fsp3) is 0.103. The van der Waals surface area contributed by atoms with Gasteiger partial charge in [0.05, 0.1) is 23.7 Å². The Morgan fingerprint density at radius 1 is 1.18 bits per heavy atom. The third-order valence-electron chi connectivity index (χ3n) is 5.98. The number of nitrogens with zero attached hydrogens (tertiary/aromatic N) is 2. The van der Waals surface area contributed by atoms with Gasteiger partial charge in [0, 0.05) is 42.7 Å². The van der Waals surface area contributed by atoms with E-state index >= 15 is 0 Å². The van der Waals surface area contributed by atoms with E-state index in [0.717, 1.165) is 32.7 Å². The first kappa shape index (κ1) is 27.5. The van der Waals surface area contributed by atoms with Crippen molar-refractivity contribution in [3.05, 3.63) is 115 Å². The number of halogens is 4. The Labute approximate surface area is 246 Å². The number of esters is 1. The second kappa shape index (κ2) is 11.6. The zero-order chi connectivity index (χ0) is 27.7. The summed E-state index contributed by atoms with van der Waals surface area (Å²) < 4.78 is 22.5. The molecule has 39 heavy (non-hydrogen) atoms. The van der Waals surface area contributed by atoms with Crippen LogP contribution in [0.4, 0.5) is 10.1 Å². The summed E-state index contributed by atoms with van der Waals surface area (Å²) in [4.78, 5) is 17.8. The van der Waals surface area contributed by atoms with E-state index in [0.29, 0.717) is 31.2 Å². The molecule has 1 aliphatic rings. The minimum Gasteiger partial charge on any atom is -0.506 e. The van der Waals surface area contributed by atoms with E-state index in [1.165, 1.54) is 6.07 Å². The van der Waals surface area contributed by atoms with Gasteiger partial charge in [0.15, 0.2) is 0 Å². The van der Waals surface area contributed by atoms with Crippen LogP contribution in [0.2, 0.25) is 10.0 Å². The van der Waals surface area contributed by atoms with E-state index in [1.54, 1.807) is 49.4 Å². The largest absolute Gasteiger partial charge is 0.506 e. The molecule has 2 heterocycles. The minimum absolute atomic E-state index is 0.00823. The van der Waals surface area contributed by atoms with Crippen LogP contribution >= 0.6 is 50.9 Å². The molecule has 0 saturated carbocycles. The summed E-state index contributed by atoms with van der Waals surface area (Å²) >= 11 is 17.0. The van der Waals surface area contributed by atoms with Gasteiger partial charge >= 0.3 is 5.97 Å². The fourth-order valence-electron chi connectivity index (χ4n) is 4.16. The molecule has 0 unspecified atom stereocenters. The van der Waals surface area contributed by atoms with Gasteiger partial charge in [-0.3, -0.25) is 0 Å². The number of hydrogen-bond acceptors (Lipinski definition) is 5. The summed E-state index contributed by atoms with van der Waals surface area (Å²) in [6.45, 7) is 2.05. The van der Waals surface area contributed by atoms with E-state index in [2.05, 4.69) is 20.9 Å². The topological polar surface area (TPSA) is 63.8 Å². The molecular weight excluding hydrogens is 626 g/mol. The smallest absolute Gasteiger partial charge is 0.344 e. The number of aliphatic hydroxyl groups excluding tert-OH is 1. The Kier molecular flexibility index (Phi) is 8.19. The number of ether oxygens (including phenoxy) is 1. The molecular formula is C29H20BrCl2FN2O3S. The fourth-order valence-corrected chi connectivity index (χ4v) is 5.90. The number of carbonyl (C=O) groups is 1. The van der Waals surface area contributed by atoms with Gasteiger partial charge in [0.1, 0.15) is 22.2 Å². The number of aliphatic imine (C=N–C) groups is 1. The summed E-state index contributed by atoms with van der Waals surface area (Å²) in [6, 6.07) is 17.2. The molecule has 0 radical (unpaired) electrons. The average Bonchev–Trinajstić information content (AvgIpc) is 3.39. The maximum atomic E-state index is 14.6. The second-order valence-electron chi connectivity index (χ2n) is 8.52. The Bertz CT molecular complexity index is 1680. The second-order valence-corrected chi connectivity index (χ2v) is 11.3. The zero-order valence-corrected chi connectivity index (χ0v) is 24.3. The summed E-state index contributed by atoms with van der Waals surface area (Å²) in [5.74, 6) is -1.28. The van der Waals surface area contributed by atoms with E-state index in [-0.39, 0.29) is 24.5 Å². The number of fused-ring (bicyclic) bond motifs is 1. The van der Waals surface area contributed by atoms with Crippen molar-refractivity contribution in [2.24, 2.45) is 4.99 Å². The SMILES string of the molecule is CCOC(=O)C1=C(O)/C(=C/c2cn(Cc3c(F)cccc3Cl)c3ccc(Br)cc23)SC1=Nc1ccc(Cl)cc1. The van der Waals surface area contributed by atoms with Gasteiger partial charge in [-0.15, -0.1) is 0 Å². The van der Waals surface area contributed by atoms with Gasteiger partial charge in [-0.1, -0.05) is 57.0 Å². The lowest BCUT2D eigenvalue weighted by molar-refractivity contribution is -0.138. The van der Waals surface area contributed by atoms with Crippen molar-refractivity contribution in [3.8, 4) is 0 Å². The Morgan fingerprint density at radius 2 is 1.95 bits per heavy atom. The molecule has 0 atom stereocenters. The van der Waals surface area contributed by atoms with Crippen LogP contribution in [0, 0.1) is 5.82 Å². The van der Waals surface area contributed by atoms with Crippen molar-refractivity contribution < 1.29 is 19.0 Å². The van der Waals surface area contributed by atoms with E-state index in [4.69, 9.17) is 27.9 Å². The van der Waals surface area contributed by atoms with Gasteiger partial charge in [-0.05, 0) is 67.6 Å². The maximum Gasteiger partial charge on any atom is 0.344 e. The predicted molar refractivity (Wildman–Crippen MR) is 161 cm³/mol. The Balaban J connectivity index is 1.61. The van der Waals surface area contributed by atoms with Crippen LogP contribution in [0.15, 0.2) is 92.6 Å². The van der Waals surface area contributed by atoms with Crippen molar-refractivity contribution in [2.45, 2.75) is 13.5 Å². The molecule has 5 rings (SSSR count). The Morgan fingerprint density at radius 3 is 2.67 bits per heavy atom. The number of rotatable bonds is 6. The number of aliphatic hydroxyl groups is 1. The molecule has 4 aromatic rings. The van der Waals surface area contributed by atoms with Gasteiger partial charge < -0.3 is 14.4 Å². The third-order valence-corrected chi connectivity index (χ3v) is 8.10. The molecule has 1 aromatic heterocycles. The molecule has 1 aliphatic heterocycles. The maximum absolute atomic E-state index is 14.6. The first-order valence-electron chi connectivity index (χ1n) is 11.8. The number of benzene rings is 3. The van der Waals surface area contributed by atoms with Crippen molar-refractivity contribution in [3.63, 3.8) is 0 Å². The van der Waals surface area contributed by atoms with Gasteiger partial charge in [-0.2, -0.15) is 0 Å². The molecule has 5 nitrogen and oxygen atoms in total. The molecule has 0 aliphatic carbocycles. The quantitative estimate of drug-likeness (QED) is 0.212. The normalized spacial score (nSPS) is 15.6. The number of hydrogen-bond donors (Lipinski definition) is 1. The summed E-state index contributed by atoms with van der Waals surface area (Å²) in [7, 11) is 0. The highest BCUT2D eigenvalue weighted by atomic mass is 79.9. The number of carbonyl (C=O) groups excluding carboxylic acids is 1. The van der Waals surface area contributed by atoms with Crippen LogP contribution in [0.5, 0.6) is 0 Å². The number of aromatic nitrogens is 1. The van der Waals surface area contributed by atoms with Gasteiger partial charge in [0.2, 0.25) is 0 Å². The molecule has 0 amide bonds. The van der Waals surface area contributed by atoms with E-state index in [9.17, 15) is 14.3 Å². The molecule has 3 aromatic carbocycles. The monoisotopic (exact) mass is 644 g/mol. The van der Waals surface area contributed by atoms with Crippen molar-refractivity contribution in [2.75, 3.05) is 6.61 Å². The van der Waals surface area contributed by atoms with Crippen LogP contribution in [-0.2, 0) is 16.1 Å². The van der Waals surface area contributed by atoms with Crippen molar-refractivity contribution in [1.29, 1.82) is 0 Å². The van der Waals surface area contributed by atoms with Gasteiger partial charge in [-0.25, -0.2) is 14.2 Å². The van der Waals surface area contributed by atoms with Crippen LogP contribution in [0.3, 0.4) is 0 Å². The highest BCUT2D eigenvalue weighted by molar-refractivity contribution is 9.10. The summed E-state index contributed by atoms with van der Waals surface area (Å²) in [5.41, 5.74) is 2.53.